The Morgan fingerprint density at radius 1 is 1.15 bits per heavy atom. The smallest absolute Gasteiger partial charge is 0.166 e. The molecule has 0 fully saturated rings. The molecule has 0 amide bonds. The molecule has 1 aromatic heterocycles. The van der Waals surface area contributed by atoms with E-state index < -0.39 is 0 Å². The van der Waals surface area contributed by atoms with E-state index in [0.717, 1.165) is 35.5 Å². The van der Waals surface area contributed by atoms with Gasteiger partial charge in [0, 0.05) is 6.42 Å². The molecule has 0 N–H and O–H groups in total. The van der Waals surface area contributed by atoms with Gasteiger partial charge in [-0.05, 0) is 43.4 Å². The topological polar surface area (TPSA) is 34.9 Å². The van der Waals surface area contributed by atoms with Crippen molar-refractivity contribution in [2.45, 2.75) is 46.0 Å². The average molecular weight is 268 g/mol. The van der Waals surface area contributed by atoms with E-state index >= 15 is 0 Å². The Bertz CT molecular complexity index is 650. The van der Waals surface area contributed by atoms with Gasteiger partial charge in [-0.2, -0.15) is 5.10 Å². The first-order valence-corrected chi connectivity index (χ1v) is 7.30. The number of ketones is 1. The van der Waals surface area contributed by atoms with Crippen molar-refractivity contribution in [3.63, 3.8) is 0 Å². The number of aryl methyl sites for hydroxylation is 1. The molecule has 20 heavy (non-hydrogen) atoms. The van der Waals surface area contributed by atoms with Crippen LogP contribution in [0.25, 0.3) is 5.69 Å². The first kappa shape index (κ1) is 13.1. The van der Waals surface area contributed by atoms with Crippen molar-refractivity contribution in [3.05, 3.63) is 46.8 Å². The Morgan fingerprint density at radius 3 is 2.50 bits per heavy atom. The molecule has 3 nitrogen and oxygen atoms in total. The Hall–Kier alpha value is -1.90. The largest absolute Gasteiger partial charge is 0.294 e. The van der Waals surface area contributed by atoms with Crippen molar-refractivity contribution >= 4 is 5.78 Å². The van der Waals surface area contributed by atoms with Crippen LogP contribution in [-0.2, 0) is 6.42 Å². The van der Waals surface area contributed by atoms with Crippen molar-refractivity contribution < 1.29 is 4.79 Å². The monoisotopic (exact) mass is 268 g/mol. The van der Waals surface area contributed by atoms with E-state index in [1.807, 2.05) is 11.6 Å². The lowest BCUT2D eigenvalue weighted by Crippen LogP contribution is -2.13. The highest BCUT2D eigenvalue weighted by atomic mass is 16.1. The van der Waals surface area contributed by atoms with Crippen LogP contribution < -0.4 is 0 Å². The lowest BCUT2D eigenvalue weighted by molar-refractivity contribution is 0.0971. The van der Waals surface area contributed by atoms with Crippen molar-refractivity contribution in [1.82, 2.24) is 9.78 Å². The molecule has 1 heterocycles. The molecule has 0 saturated carbocycles. The SMILES string of the molecule is Cc1nn(-c2ccc(C(C)C)cc2)c2c1C(=O)CCC2. The van der Waals surface area contributed by atoms with Gasteiger partial charge in [0.25, 0.3) is 0 Å². The van der Waals surface area contributed by atoms with Gasteiger partial charge in [0.1, 0.15) is 0 Å². The molecule has 0 atom stereocenters. The molecule has 0 saturated heterocycles. The van der Waals surface area contributed by atoms with Crippen molar-refractivity contribution in [3.8, 4) is 5.69 Å². The maximum absolute atomic E-state index is 12.0. The van der Waals surface area contributed by atoms with Crippen LogP contribution in [0.5, 0.6) is 0 Å². The van der Waals surface area contributed by atoms with Gasteiger partial charge in [0.15, 0.2) is 5.78 Å². The van der Waals surface area contributed by atoms with E-state index in [4.69, 9.17) is 0 Å². The molecule has 0 aliphatic heterocycles. The number of carbonyl (C=O) groups is 1. The van der Waals surface area contributed by atoms with Gasteiger partial charge in [0.2, 0.25) is 0 Å². The molecule has 3 heteroatoms. The zero-order chi connectivity index (χ0) is 14.3. The molecule has 0 spiro atoms. The zero-order valence-electron chi connectivity index (χ0n) is 12.3. The number of aromatic nitrogens is 2. The summed E-state index contributed by atoms with van der Waals surface area (Å²) in [6.07, 6.45) is 2.53. The van der Waals surface area contributed by atoms with E-state index in [9.17, 15) is 4.79 Å². The van der Waals surface area contributed by atoms with Crippen LogP contribution in [0.3, 0.4) is 0 Å². The molecule has 104 valence electrons. The normalized spacial score (nSPS) is 14.7. The van der Waals surface area contributed by atoms with Gasteiger partial charge in [-0.3, -0.25) is 4.79 Å². The number of hydrogen-bond donors (Lipinski definition) is 0. The zero-order valence-corrected chi connectivity index (χ0v) is 12.3. The number of rotatable bonds is 2. The van der Waals surface area contributed by atoms with E-state index in [1.165, 1.54) is 5.56 Å². The first-order valence-electron chi connectivity index (χ1n) is 7.30. The molecular weight excluding hydrogens is 248 g/mol. The first-order chi connectivity index (χ1) is 9.58. The molecule has 1 aliphatic rings. The predicted molar refractivity (Wildman–Crippen MR) is 79.7 cm³/mol. The number of Topliss-reactive ketones (excluding diaryl/α,β-unsaturated/α-hetero) is 1. The highest BCUT2D eigenvalue weighted by Gasteiger charge is 2.25. The van der Waals surface area contributed by atoms with Crippen LogP contribution in [0.15, 0.2) is 24.3 Å². The Morgan fingerprint density at radius 2 is 1.85 bits per heavy atom. The number of carbonyl (C=O) groups excluding carboxylic acids is 1. The molecule has 2 aromatic rings. The average Bonchev–Trinajstić information content (AvgIpc) is 2.77. The Labute approximate surface area is 119 Å². The number of nitrogens with zero attached hydrogens (tertiary/aromatic N) is 2. The summed E-state index contributed by atoms with van der Waals surface area (Å²) in [5.74, 6) is 0.771. The summed E-state index contributed by atoms with van der Waals surface area (Å²) in [5, 5.41) is 4.58. The van der Waals surface area contributed by atoms with Crippen molar-refractivity contribution in [1.29, 1.82) is 0 Å². The highest BCUT2D eigenvalue weighted by molar-refractivity contribution is 5.99. The minimum Gasteiger partial charge on any atom is -0.294 e. The van der Waals surface area contributed by atoms with Crippen LogP contribution in [0.1, 0.15) is 59.9 Å². The third-order valence-corrected chi connectivity index (χ3v) is 4.06. The standard InChI is InChI=1S/C17H20N2O/c1-11(2)13-7-9-14(10-8-13)19-15-5-4-6-16(20)17(15)12(3)18-19/h7-11H,4-6H2,1-3H3. The number of fused-ring (bicyclic) bond motifs is 1. The molecular formula is C17H20N2O. The highest BCUT2D eigenvalue weighted by Crippen LogP contribution is 2.27. The fraction of sp³-hybridized carbons (Fsp3) is 0.412. The fourth-order valence-electron chi connectivity index (χ4n) is 2.92. The summed E-state index contributed by atoms with van der Waals surface area (Å²) in [6.45, 7) is 6.31. The van der Waals surface area contributed by atoms with Gasteiger partial charge < -0.3 is 0 Å². The minimum absolute atomic E-state index is 0.244. The van der Waals surface area contributed by atoms with Crippen LogP contribution >= 0.6 is 0 Å². The summed E-state index contributed by atoms with van der Waals surface area (Å²) in [5.41, 5.74) is 5.16. The summed E-state index contributed by atoms with van der Waals surface area (Å²) in [4.78, 5) is 12.0. The molecule has 0 unspecified atom stereocenters. The van der Waals surface area contributed by atoms with Gasteiger partial charge in [-0.25, -0.2) is 4.68 Å². The van der Waals surface area contributed by atoms with Gasteiger partial charge in [0.05, 0.1) is 22.6 Å². The number of hydrogen-bond acceptors (Lipinski definition) is 2. The van der Waals surface area contributed by atoms with Gasteiger partial charge in [-0.15, -0.1) is 0 Å². The van der Waals surface area contributed by atoms with Crippen LogP contribution in [0.2, 0.25) is 0 Å². The van der Waals surface area contributed by atoms with Crippen LogP contribution in [0, 0.1) is 6.92 Å². The van der Waals surface area contributed by atoms with Crippen LogP contribution in [-0.4, -0.2) is 15.6 Å². The maximum Gasteiger partial charge on any atom is 0.166 e. The van der Waals surface area contributed by atoms with Crippen LogP contribution in [0.4, 0.5) is 0 Å². The summed E-state index contributed by atoms with van der Waals surface area (Å²) in [7, 11) is 0. The third-order valence-electron chi connectivity index (χ3n) is 4.06. The maximum atomic E-state index is 12.0. The third kappa shape index (κ3) is 2.07. The van der Waals surface area contributed by atoms with Crippen molar-refractivity contribution in [2.75, 3.05) is 0 Å². The molecule has 0 bridgehead atoms. The molecule has 1 aromatic carbocycles. The molecule has 1 aliphatic carbocycles. The second kappa shape index (κ2) is 4.89. The van der Waals surface area contributed by atoms with E-state index in [2.05, 4.69) is 43.2 Å². The summed E-state index contributed by atoms with van der Waals surface area (Å²) >= 11 is 0. The van der Waals surface area contributed by atoms with E-state index in [-0.39, 0.29) is 5.78 Å². The lowest BCUT2D eigenvalue weighted by Gasteiger charge is -2.14. The molecule has 0 radical (unpaired) electrons. The number of benzene rings is 1. The molecule has 3 rings (SSSR count). The van der Waals surface area contributed by atoms with E-state index in [0.29, 0.717) is 12.3 Å². The fourth-order valence-corrected chi connectivity index (χ4v) is 2.92. The quantitative estimate of drug-likeness (QED) is 0.829. The second-order valence-corrected chi connectivity index (χ2v) is 5.84. The van der Waals surface area contributed by atoms with Crippen molar-refractivity contribution in [2.24, 2.45) is 0 Å². The minimum atomic E-state index is 0.244. The second-order valence-electron chi connectivity index (χ2n) is 5.84. The Kier molecular flexibility index (Phi) is 3.20. The van der Waals surface area contributed by atoms with Gasteiger partial charge >= 0.3 is 0 Å². The Balaban J connectivity index is 2.07. The lowest BCUT2D eigenvalue weighted by atomic mass is 9.94. The summed E-state index contributed by atoms with van der Waals surface area (Å²) < 4.78 is 1.95. The van der Waals surface area contributed by atoms with Gasteiger partial charge in [-0.1, -0.05) is 26.0 Å². The summed E-state index contributed by atoms with van der Waals surface area (Å²) in [6, 6.07) is 8.49. The predicted octanol–water partition coefficient (Wildman–Crippen LogP) is 3.82. The van der Waals surface area contributed by atoms with E-state index in [1.54, 1.807) is 0 Å².